The van der Waals surface area contributed by atoms with E-state index in [1.807, 2.05) is 54.7 Å². The maximum atomic E-state index is 12.0. The highest BCUT2D eigenvalue weighted by Gasteiger charge is 2.28. The molecule has 3 amide bonds. The molecule has 0 aromatic heterocycles. The summed E-state index contributed by atoms with van der Waals surface area (Å²) in [6, 6.07) is 12.5. The number of quaternary nitrogens is 1. The molecule has 1 atom stereocenters. The fraction of sp³-hybridized carbons (Fsp3) is 0.294. The SMILES string of the molecule is C[C@@H]([NH2+]CC(=O)NC(=O)NCC(F)(F)F)c1cccc2ccccc12. The molecule has 0 spiro atoms. The Labute approximate surface area is 142 Å². The van der Waals surface area contributed by atoms with Gasteiger partial charge in [-0.1, -0.05) is 42.5 Å². The number of carbonyl (C=O) groups excluding carboxylic acids is 2. The molecule has 0 aliphatic rings. The molecule has 8 heteroatoms. The van der Waals surface area contributed by atoms with Crippen LogP contribution in [0, 0.1) is 0 Å². The Balaban J connectivity index is 1.88. The minimum Gasteiger partial charge on any atom is -0.332 e. The first kappa shape index (κ1) is 18.7. The maximum Gasteiger partial charge on any atom is 0.405 e. The second-order valence-corrected chi connectivity index (χ2v) is 5.64. The van der Waals surface area contributed by atoms with E-state index < -0.39 is 24.7 Å². The summed E-state index contributed by atoms with van der Waals surface area (Å²) in [5.41, 5.74) is 1.03. The highest BCUT2D eigenvalue weighted by molar-refractivity contribution is 5.94. The number of amides is 3. The molecule has 2 rings (SSSR count). The Morgan fingerprint density at radius 3 is 2.52 bits per heavy atom. The number of carbonyl (C=O) groups is 2. The average molecular weight is 354 g/mol. The van der Waals surface area contributed by atoms with Crippen molar-refractivity contribution in [3.8, 4) is 0 Å². The molecule has 134 valence electrons. The number of fused-ring (bicyclic) bond motifs is 1. The van der Waals surface area contributed by atoms with Crippen molar-refractivity contribution in [2.75, 3.05) is 13.1 Å². The van der Waals surface area contributed by atoms with Gasteiger partial charge in [0.25, 0.3) is 5.91 Å². The second kappa shape index (κ2) is 7.98. The predicted molar refractivity (Wildman–Crippen MR) is 86.8 cm³/mol. The highest BCUT2D eigenvalue weighted by atomic mass is 19.4. The molecule has 4 N–H and O–H groups in total. The van der Waals surface area contributed by atoms with E-state index in [0.717, 1.165) is 16.3 Å². The van der Waals surface area contributed by atoms with Crippen LogP contribution in [0.2, 0.25) is 0 Å². The largest absolute Gasteiger partial charge is 0.405 e. The minimum absolute atomic E-state index is 0.0601. The molecule has 2 aromatic rings. The van der Waals surface area contributed by atoms with Gasteiger partial charge in [-0.05, 0) is 17.7 Å². The third-order valence-corrected chi connectivity index (χ3v) is 3.67. The number of nitrogens with two attached hydrogens (primary N) is 1. The summed E-state index contributed by atoms with van der Waals surface area (Å²) in [5.74, 6) is -0.660. The van der Waals surface area contributed by atoms with E-state index in [9.17, 15) is 22.8 Å². The van der Waals surface area contributed by atoms with E-state index >= 15 is 0 Å². The molecular weight excluding hydrogens is 335 g/mol. The van der Waals surface area contributed by atoms with Gasteiger partial charge in [0.1, 0.15) is 12.6 Å². The molecule has 5 nitrogen and oxygen atoms in total. The molecule has 0 bridgehead atoms. The first-order chi connectivity index (χ1) is 11.8. The summed E-state index contributed by atoms with van der Waals surface area (Å²) in [5, 5.41) is 7.33. The summed E-state index contributed by atoms with van der Waals surface area (Å²) in [6.07, 6.45) is -4.52. The molecule has 2 aromatic carbocycles. The summed E-state index contributed by atoms with van der Waals surface area (Å²) < 4.78 is 36.0. The van der Waals surface area contributed by atoms with Crippen LogP contribution in [0.5, 0.6) is 0 Å². The van der Waals surface area contributed by atoms with Crippen molar-refractivity contribution in [3.05, 3.63) is 48.0 Å². The summed E-state index contributed by atoms with van der Waals surface area (Å²) in [6.45, 7) is 0.352. The van der Waals surface area contributed by atoms with Crippen LogP contribution in [0.3, 0.4) is 0 Å². The first-order valence-corrected chi connectivity index (χ1v) is 7.71. The Bertz CT molecular complexity index is 757. The molecule has 0 aliphatic carbocycles. The number of benzene rings is 2. The van der Waals surface area contributed by atoms with Crippen molar-refractivity contribution < 1.29 is 28.1 Å². The van der Waals surface area contributed by atoms with Gasteiger partial charge in [-0.3, -0.25) is 10.1 Å². The Hall–Kier alpha value is -2.61. The second-order valence-electron chi connectivity index (χ2n) is 5.64. The maximum absolute atomic E-state index is 12.0. The van der Waals surface area contributed by atoms with Crippen LogP contribution < -0.4 is 16.0 Å². The minimum atomic E-state index is -4.52. The number of alkyl halides is 3. The Kier molecular flexibility index (Phi) is 5.97. The van der Waals surface area contributed by atoms with E-state index in [-0.39, 0.29) is 12.6 Å². The predicted octanol–water partition coefficient (Wildman–Crippen LogP) is 1.85. The zero-order valence-electron chi connectivity index (χ0n) is 13.6. The molecule has 0 unspecified atom stereocenters. The van der Waals surface area contributed by atoms with Crippen LogP contribution in [-0.4, -0.2) is 31.2 Å². The quantitative estimate of drug-likeness (QED) is 0.767. The number of hydrogen-bond donors (Lipinski definition) is 3. The van der Waals surface area contributed by atoms with Crippen molar-refractivity contribution in [2.24, 2.45) is 0 Å². The summed E-state index contributed by atoms with van der Waals surface area (Å²) in [4.78, 5) is 22.9. The number of nitrogens with one attached hydrogen (secondary N) is 2. The Morgan fingerprint density at radius 2 is 1.80 bits per heavy atom. The first-order valence-electron chi connectivity index (χ1n) is 7.71. The number of urea groups is 1. The van der Waals surface area contributed by atoms with Crippen LogP contribution in [-0.2, 0) is 4.79 Å². The molecule has 0 saturated carbocycles. The van der Waals surface area contributed by atoms with Crippen molar-refractivity contribution in [2.45, 2.75) is 19.1 Å². The van der Waals surface area contributed by atoms with Gasteiger partial charge in [0.05, 0.1) is 0 Å². The van der Waals surface area contributed by atoms with Crippen molar-refractivity contribution >= 4 is 22.7 Å². The van der Waals surface area contributed by atoms with Crippen LogP contribution in [0.4, 0.5) is 18.0 Å². The summed E-state index contributed by atoms with van der Waals surface area (Å²) in [7, 11) is 0. The smallest absolute Gasteiger partial charge is 0.332 e. The van der Waals surface area contributed by atoms with E-state index in [1.54, 1.807) is 10.6 Å². The van der Waals surface area contributed by atoms with E-state index in [4.69, 9.17) is 0 Å². The fourth-order valence-electron chi connectivity index (χ4n) is 2.46. The standard InChI is InChI=1S/C17H18F3N3O2/c1-11(13-8-4-6-12-5-2-3-7-14(12)13)21-9-15(24)23-16(25)22-10-17(18,19)20/h2-8,11,21H,9-10H2,1H3,(H2,22,23,24,25)/p+1/t11-/m1/s1. The fourth-order valence-corrected chi connectivity index (χ4v) is 2.46. The molecule has 0 aliphatic heterocycles. The summed E-state index contributed by atoms with van der Waals surface area (Å²) >= 11 is 0. The zero-order valence-corrected chi connectivity index (χ0v) is 13.6. The van der Waals surface area contributed by atoms with Crippen LogP contribution in [0.1, 0.15) is 18.5 Å². The molecule has 0 fully saturated rings. The third kappa shape index (κ3) is 5.75. The lowest BCUT2D eigenvalue weighted by Gasteiger charge is -2.14. The number of halogens is 3. The number of imide groups is 1. The lowest BCUT2D eigenvalue weighted by Crippen LogP contribution is -2.87. The number of rotatable bonds is 5. The van der Waals surface area contributed by atoms with Gasteiger partial charge >= 0.3 is 12.2 Å². The zero-order chi connectivity index (χ0) is 18.4. The monoisotopic (exact) mass is 354 g/mol. The van der Waals surface area contributed by atoms with Gasteiger partial charge in [-0.25, -0.2) is 4.79 Å². The average Bonchev–Trinajstić information content (AvgIpc) is 2.57. The van der Waals surface area contributed by atoms with Gasteiger partial charge in [0.2, 0.25) is 0 Å². The highest BCUT2D eigenvalue weighted by Crippen LogP contribution is 2.21. The van der Waals surface area contributed by atoms with Crippen molar-refractivity contribution in [1.29, 1.82) is 0 Å². The molecule has 0 radical (unpaired) electrons. The normalized spacial score (nSPS) is 12.6. The van der Waals surface area contributed by atoms with Gasteiger partial charge in [0.15, 0.2) is 6.54 Å². The Morgan fingerprint density at radius 1 is 1.12 bits per heavy atom. The van der Waals surface area contributed by atoms with E-state index in [0.29, 0.717) is 0 Å². The van der Waals surface area contributed by atoms with Crippen LogP contribution in [0.15, 0.2) is 42.5 Å². The molecule has 25 heavy (non-hydrogen) atoms. The van der Waals surface area contributed by atoms with Gasteiger partial charge in [-0.2, -0.15) is 13.2 Å². The van der Waals surface area contributed by atoms with E-state index in [1.165, 1.54) is 0 Å². The topological polar surface area (TPSA) is 74.8 Å². The lowest BCUT2D eigenvalue weighted by atomic mass is 10.00. The third-order valence-electron chi connectivity index (χ3n) is 3.67. The van der Waals surface area contributed by atoms with Crippen LogP contribution >= 0.6 is 0 Å². The van der Waals surface area contributed by atoms with Gasteiger partial charge in [-0.15, -0.1) is 0 Å². The van der Waals surface area contributed by atoms with Crippen molar-refractivity contribution in [3.63, 3.8) is 0 Å². The van der Waals surface area contributed by atoms with Crippen LogP contribution in [0.25, 0.3) is 10.8 Å². The van der Waals surface area contributed by atoms with Crippen molar-refractivity contribution in [1.82, 2.24) is 10.6 Å². The number of hydrogen-bond acceptors (Lipinski definition) is 2. The van der Waals surface area contributed by atoms with Gasteiger partial charge in [0, 0.05) is 5.56 Å². The van der Waals surface area contributed by atoms with E-state index in [2.05, 4.69) is 0 Å². The molecule has 0 saturated heterocycles. The van der Waals surface area contributed by atoms with Gasteiger partial charge < -0.3 is 10.6 Å². The molecule has 0 heterocycles. The molecular formula is C17H19F3N3O2+. The lowest BCUT2D eigenvalue weighted by molar-refractivity contribution is -0.682.